The normalized spacial score (nSPS) is 10.3. The van der Waals surface area contributed by atoms with Crippen LogP contribution in [0, 0.1) is 11.6 Å². The lowest BCUT2D eigenvalue weighted by Crippen LogP contribution is -2.25. The summed E-state index contributed by atoms with van der Waals surface area (Å²) in [7, 11) is 0. The third-order valence-corrected chi connectivity index (χ3v) is 3.65. The van der Waals surface area contributed by atoms with Crippen LogP contribution in [0.1, 0.15) is 23.2 Å². The first-order chi connectivity index (χ1) is 12.3. The average molecular weight is 379 g/mol. The summed E-state index contributed by atoms with van der Waals surface area (Å²) >= 11 is 5.71. The van der Waals surface area contributed by atoms with Gasteiger partial charge in [0.15, 0.2) is 0 Å². The van der Waals surface area contributed by atoms with Crippen LogP contribution in [-0.4, -0.2) is 18.4 Å². The highest BCUT2D eigenvalue weighted by molar-refractivity contribution is 6.31. The summed E-state index contributed by atoms with van der Waals surface area (Å²) in [5.74, 6) is -1.73. The molecule has 0 heterocycles. The first-order valence-corrected chi connectivity index (χ1v) is 8.17. The van der Waals surface area contributed by atoms with Crippen molar-refractivity contribution in [1.82, 2.24) is 5.32 Å². The molecule has 2 amide bonds. The minimum absolute atomic E-state index is 0.0685. The molecule has 0 saturated carbocycles. The summed E-state index contributed by atoms with van der Waals surface area (Å²) in [5.41, 5.74) is 1.22. The molecule has 2 N–H and O–H groups in total. The molecule has 0 aliphatic rings. The van der Waals surface area contributed by atoms with Gasteiger partial charge in [0.1, 0.15) is 11.6 Å². The van der Waals surface area contributed by atoms with Crippen LogP contribution in [0.15, 0.2) is 54.6 Å². The Labute approximate surface area is 154 Å². The zero-order chi connectivity index (χ0) is 19.1. The van der Waals surface area contributed by atoms with E-state index in [0.717, 1.165) is 12.1 Å². The molecule has 26 heavy (non-hydrogen) atoms. The predicted octanol–water partition coefficient (Wildman–Crippen LogP) is 4.32. The highest BCUT2D eigenvalue weighted by atomic mass is 35.5. The van der Waals surface area contributed by atoms with Crippen LogP contribution in [0.5, 0.6) is 0 Å². The van der Waals surface area contributed by atoms with Crippen molar-refractivity contribution in [3.8, 4) is 0 Å². The summed E-state index contributed by atoms with van der Waals surface area (Å²) in [4.78, 5) is 23.8. The molecule has 0 saturated heterocycles. The second-order valence-electron chi connectivity index (χ2n) is 5.65. The summed E-state index contributed by atoms with van der Waals surface area (Å²) in [6.45, 7) is 4.04. The molecule has 4 nitrogen and oxygen atoms in total. The van der Waals surface area contributed by atoms with E-state index in [1.807, 2.05) is 0 Å². The fraction of sp³-hybridized carbons (Fsp3) is 0.158. The van der Waals surface area contributed by atoms with E-state index in [1.165, 1.54) is 30.3 Å². The van der Waals surface area contributed by atoms with Gasteiger partial charge in [0, 0.05) is 29.2 Å². The fourth-order valence-electron chi connectivity index (χ4n) is 2.19. The van der Waals surface area contributed by atoms with Crippen molar-refractivity contribution in [2.24, 2.45) is 0 Å². The Hall–Kier alpha value is -2.73. The van der Waals surface area contributed by atoms with Gasteiger partial charge < -0.3 is 10.6 Å². The first-order valence-electron chi connectivity index (χ1n) is 7.80. The van der Waals surface area contributed by atoms with Gasteiger partial charge >= 0.3 is 0 Å². The van der Waals surface area contributed by atoms with Crippen molar-refractivity contribution < 1.29 is 18.4 Å². The SMILES string of the molecule is C=C(CCNC(=O)c1cc(F)cc(Cl)c1)CC(=O)Nc1ccc(F)cc1. The van der Waals surface area contributed by atoms with Crippen LogP contribution in [0.2, 0.25) is 5.02 Å². The van der Waals surface area contributed by atoms with Crippen LogP contribution < -0.4 is 10.6 Å². The quantitative estimate of drug-likeness (QED) is 0.705. The lowest BCUT2D eigenvalue weighted by Gasteiger charge is -2.09. The lowest BCUT2D eigenvalue weighted by molar-refractivity contribution is -0.115. The number of rotatable bonds is 7. The minimum atomic E-state index is -0.593. The zero-order valence-corrected chi connectivity index (χ0v) is 14.6. The van der Waals surface area contributed by atoms with Crippen LogP contribution >= 0.6 is 11.6 Å². The smallest absolute Gasteiger partial charge is 0.251 e. The van der Waals surface area contributed by atoms with Gasteiger partial charge in [0.05, 0.1) is 0 Å². The molecule has 2 rings (SSSR count). The summed E-state index contributed by atoms with van der Waals surface area (Å²) in [6.07, 6.45) is 0.449. The second-order valence-corrected chi connectivity index (χ2v) is 6.08. The molecule has 0 spiro atoms. The molecule has 0 fully saturated rings. The standard InChI is InChI=1S/C19H17ClF2N2O2/c1-12(8-18(25)24-17-4-2-15(21)3-5-17)6-7-23-19(26)13-9-14(20)11-16(22)10-13/h2-5,9-11H,1,6-8H2,(H,23,26)(H,24,25). The van der Waals surface area contributed by atoms with Gasteiger partial charge in [-0.1, -0.05) is 23.8 Å². The van der Waals surface area contributed by atoms with Crippen molar-refractivity contribution in [3.05, 3.63) is 76.8 Å². The molecule has 0 bridgehead atoms. The number of halogens is 3. The van der Waals surface area contributed by atoms with E-state index >= 15 is 0 Å². The topological polar surface area (TPSA) is 58.2 Å². The van der Waals surface area contributed by atoms with Crippen LogP contribution in [0.25, 0.3) is 0 Å². The third kappa shape index (κ3) is 6.29. The maximum absolute atomic E-state index is 13.2. The van der Waals surface area contributed by atoms with Crippen molar-refractivity contribution in [3.63, 3.8) is 0 Å². The maximum Gasteiger partial charge on any atom is 0.251 e. The van der Waals surface area contributed by atoms with E-state index in [2.05, 4.69) is 17.2 Å². The molecule has 0 aromatic heterocycles. The maximum atomic E-state index is 13.2. The summed E-state index contributed by atoms with van der Waals surface area (Å²) in [6, 6.07) is 8.98. The summed E-state index contributed by atoms with van der Waals surface area (Å²) < 4.78 is 26.1. The van der Waals surface area contributed by atoms with Crippen LogP contribution in [0.4, 0.5) is 14.5 Å². The average Bonchev–Trinajstić information content (AvgIpc) is 2.55. The number of benzene rings is 2. The summed E-state index contributed by atoms with van der Waals surface area (Å²) in [5, 5.41) is 5.38. The molecule has 2 aromatic rings. The van der Waals surface area contributed by atoms with Crippen LogP contribution in [-0.2, 0) is 4.79 Å². The number of amides is 2. The number of carbonyl (C=O) groups is 2. The van der Waals surface area contributed by atoms with Gasteiger partial charge in [0.2, 0.25) is 5.91 Å². The molecule has 7 heteroatoms. The zero-order valence-electron chi connectivity index (χ0n) is 13.8. The lowest BCUT2D eigenvalue weighted by atomic mass is 10.1. The molecule has 0 radical (unpaired) electrons. The molecular weight excluding hydrogens is 362 g/mol. The number of nitrogens with one attached hydrogen (secondary N) is 2. The largest absolute Gasteiger partial charge is 0.352 e. The van der Waals surface area contributed by atoms with Gasteiger partial charge in [-0.25, -0.2) is 8.78 Å². The van der Waals surface area contributed by atoms with Crippen molar-refractivity contribution in [2.45, 2.75) is 12.8 Å². The molecule has 136 valence electrons. The Morgan fingerprint density at radius 2 is 1.73 bits per heavy atom. The molecular formula is C19H17ClF2N2O2. The predicted molar refractivity (Wildman–Crippen MR) is 97.1 cm³/mol. The minimum Gasteiger partial charge on any atom is -0.352 e. The Morgan fingerprint density at radius 1 is 1.04 bits per heavy atom. The van der Waals surface area contributed by atoms with Crippen LogP contribution in [0.3, 0.4) is 0 Å². The number of anilines is 1. The monoisotopic (exact) mass is 378 g/mol. The van der Waals surface area contributed by atoms with Gasteiger partial charge in [-0.05, 0) is 48.9 Å². The molecule has 0 aliphatic carbocycles. The Balaban J connectivity index is 1.75. The van der Waals surface area contributed by atoms with Gasteiger partial charge in [-0.3, -0.25) is 9.59 Å². The van der Waals surface area contributed by atoms with Crippen molar-refractivity contribution in [1.29, 1.82) is 0 Å². The Bertz CT molecular complexity index is 803. The Morgan fingerprint density at radius 3 is 2.38 bits per heavy atom. The molecule has 0 unspecified atom stereocenters. The van der Waals surface area contributed by atoms with Gasteiger partial charge in [0.25, 0.3) is 5.91 Å². The van der Waals surface area contributed by atoms with Crippen molar-refractivity contribution >= 4 is 29.1 Å². The highest BCUT2D eigenvalue weighted by Crippen LogP contribution is 2.14. The van der Waals surface area contributed by atoms with Gasteiger partial charge in [-0.2, -0.15) is 0 Å². The fourth-order valence-corrected chi connectivity index (χ4v) is 2.42. The molecule has 0 atom stereocenters. The van der Waals surface area contributed by atoms with E-state index in [1.54, 1.807) is 0 Å². The van der Waals surface area contributed by atoms with E-state index in [9.17, 15) is 18.4 Å². The molecule has 0 aliphatic heterocycles. The number of hydrogen-bond acceptors (Lipinski definition) is 2. The number of hydrogen-bond donors (Lipinski definition) is 2. The number of carbonyl (C=O) groups excluding carboxylic acids is 2. The third-order valence-electron chi connectivity index (χ3n) is 3.43. The highest BCUT2D eigenvalue weighted by Gasteiger charge is 2.09. The first kappa shape index (κ1) is 19.6. The van der Waals surface area contributed by atoms with E-state index in [-0.39, 0.29) is 35.3 Å². The van der Waals surface area contributed by atoms with E-state index < -0.39 is 11.7 Å². The van der Waals surface area contributed by atoms with E-state index in [0.29, 0.717) is 17.7 Å². The van der Waals surface area contributed by atoms with Crippen molar-refractivity contribution in [2.75, 3.05) is 11.9 Å². The second kappa shape index (κ2) is 9.10. The van der Waals surface area contributed by atoms with E-state index in [4.69, 9.17) is 11.6 Å². The molecule has 2 aromatic carbocycles. The van der Waals surface area contributed by atoms with Gasteiger partial charge in [-0.15, -0.1) is 0 Å². The Kier molecular flexibility index (Phi) is 6.86.